The van der Waals surface area contributed by atoms with E-state index in [0.29, 0.717) is 19.0 Å². The van der Waals surface area contributed by atoms with E-state index in [1.165, 1.54) is 12.8 Å². The molecule has 0 radical (unpaired) electrons. The summed E-state index contributed by atoms with van der Waals surface area (Å²) in [4.78, 5) is 13.0. The van der Waals surface area contributed by atoms with Crippen molar-refractivity contribution < 1.29 is 15.0 Å². The van der Waals surface area contributed by atoms with Gasteiger partial charge >= 0.3 is 5.97 Å². The lowest BCUT2D eigenvalue weighted by molar-refractivity contribution is -0.150. The fourth-order valence-corrected chi connectivity index (χ4v) is 2.18. The van der Waals surface area contributed by atoms with Crippen LogP contribution in [0.3, 0.4) is 0 Å². The van der Waals surface area contributed by atoms with E-state index in [2.05, 4.69) is 4.90 Å². The summed E-state index contributed by atoms with van der Waals surface area (Å²) in [6, 6.07) is 0.616. The Morgan fingerprint density at radius 3 is 2.71 bits per heavy atom. The lowest BCUT2D eigenvalue weighted by atomic mass is 9.88. The highest BCUT2D eigenvalue weighted by molar-refractivity contribution is 5.71. The zero-order chi connectivity index (χ0) is 10.3. The maximum absolute atomic E-state index is 10.8. The average Bonchev–Trinajstić information content (AvgIpc) is 2.90. The predicted octanol–water partition coefficient (Wildman–Crippen LogP) is 0.306. The molecule has 0 bridgehead atoms. The number of carbonyl (C=O) groups is 1. The molecule has 2 unspecified atom stereocenters. The van der Waals surface area contributed by atoms with Crippen molar-refractivity contribution in [1.82, 2.24) is 4.90 Å². The second-order valence-electron chi connectivity index (χ2n) is 4.62. The number of nitrogens with zero attached hydrogens (tertiary/aromatic N) is 1. The molecule has 0 aromatic carbocycles. The van der Waals surface area contributed by atoms with Crippen LogP contribution in [0.4, 0.5) is 0 Å². The molecule has 14 heavy (non-hydrogen) atoms. The molecule has 1 aliphatic heterocycles. The molecule has 1 saturated heterocycles. The largest absolute Gasteiger partial charge is 0.481 e. The zero-order valence-electron chi connectivity index (χ0n) is 8.44. The van der Waals surface area contributed by atoms with Gasteiger partial charge in [0.25, 0.3) is 0 Å². The van der Waals surface area contributed by atoms with Crippen molar-refractivity contribution in [3.8, 4) is 0 Å². The quantitative estimate of drug-likeness (QED) is 0.686. The van der Waals surface area contributed by atoms with Gasteiger partial charge in [-0.15, -0.1) is 0 Å². The van der Waals surface area contributed by atoms with Gasteiger partial charge in [-0.2, -0.15) is 0 Å². The maximum atomic E-state index is 10.8. The van der Waals surface area contributed by atoms with Gasteiger partial charge < -0.3 is 10.2 Å². The van der Waals surface area contributed by atoms with Gasteiger partial charge in [-0.25, -0.2) is 0 Å². The molecule has 2 fully saturated rings. The molecule has 1 aliphatic carbocycles. The number of aliphatic carboxylic acids is 1. The van der Waals surface area contributed by atoms with E-state index in [4.69, 9.17) is 5.11 Å². The summed E-state index contributed by atoms with van der Waals surface area (Å²) in [5.41, 5.74) is -1.01. The number of hydrogen-bond acceptors (Lipinski definition) is 3. The predicted molar refractivity (Wildman–Crippen MR) is 51.0 cm³/mol. The molecule has 0 amide bonds. The Balaban J connectivity index is 1.99. The Labute approximate surface area is 83.5 Å². The van der Waals surface area contributed by atoms with Crippen LogP contribution in [0.25, 0.3) is 0 Å². The normalized spacial score (nSPS) is 35.9. The van der Waals surface area contributed by atoms with Crippen LogP contribution in [-0.2, 0) is 4.79 Å². The van der Waals surface area contributed by atoms with Crippen LogP contribution < -0.4 is 0 Å². The molecule has 2 aliphatic rings. The Bertz CT molecular complexity index is 252. The third-order valence-electron chi connectivity index (χ3n) is 3.55. The van der Waals surface area contributed by atoms with Crippen molar-refractivity contribution in [3.05, 3.63) is 0 Å². The smallest absolute Gasteiger partial charge is 0.309 e. The van der Waals surface area contributed by atoms with Crippen LogP contribution >= 0.6 is 0 Å². The number of rotatable bonds is 3. The van der Waals surface area contributed by atoms with Crippen molar-refractivity contribution in [2.75, 3.05) is 13.1 Å². The van der Waals surface area contributed by atoms with E-state index in [-0.39, 0.29) is 0 Å². The van der Waals surface area contributed by atoms with Gasteiger partial charge in [0.15, 0.2) is 0 Å². The van der Waals surface area contributed by atoms with Gasteiger partial charge in [0.1, 0.15) is 0 Å². The number of hydrogen-bond donors (Lipinski definition) is 2. The summed E-state index contributed by atoms with van der Waals surface area (Å²) in [5.74, 6) is -1.56. The minimum atomic E-state index is -1.01. The van der Waals surface area contributed by atoms with Gasteiger partial charge in [0, 0.05) is 19.1 Å². The molecule has 1 saturated carbocycles. The molecule has 80 valence electrons. The second-order valence-corrected chi connectivity index (χ2v) is 4.62. The molecule has 4 nitrogen and oxygen atoms in total. The molecule has 1 heterocycles. The zero-order valence-corrected chi connectivity index (χ0v) is 8.44. The Morgan fingerprint density at radius 2 is 2.21 bits per heavy atom. The monoisotopic (exact) mass is 199 g/mol. The summed E-state index contributed by atoms with van der Waals surface area (Å²) in [6.07, 6.45) is 3.01. The van der Waals surface area contributed by atoms with E-state index >= 15 is 0 Å². The second kappa shape index (κ2) is 3.21. The highest BCUT2D eigenvalue weighted by Gasteiger charge is 2.47. The van der Waals surface area contributed by atoms with Crippen LogP contribution in [0, 0.1) is 5.92 Å². The van der Waals surface area contributed by atoms with Crippen molar-refractivity contribution in [2.24, 2.45) is 5.92 Å². The Hall–Kier alpha value is -0.610. The minimum Gasteiger partial charge on any atom is -0.481 e. The van der Waals surface area contributed by atoms with Crippen molar-refractivity contribution in [2.45, 2.75) is 37.8 Å². The molecular weight excluding hydrogens is 182 g/mol. The standard InChI is InChI=1S/C10H17NO3/c1-7(9(12)13)10(14)4-5-11(6-10)8-2-3-8/h7-8,14H,2-6H2,1H3,(H,12,13). The third-order valence-corrected chi connectivity index (χ3v) is 3.55. The first-order valence-electron chi connectivity index (χ1n) is 5.22. The number of likely N-dealkylation sites (tertiary alicyclic amines) is 1. The number of carboxylic acid groups (broad SMARTS) is 1. The first kappa shape index (κ1) is 9.93. The third kappa shape index (κ3) is 1.64. The molecule has 4 heteroatoms. The SMILES string of the molecule is CC(C(=O)O)C1(O)CCN(C2CC2)C1. The molecular formula is C10H17NO3. The summed E-state index contributed by atoms with van der Waals surface area (Å²) < 4.78 is 0. The number of β-amino-alcohol motifs (C(OH)–C–C–N with tert-alkyl or cyclic N) is 1. The number of carboxylic acids is 1. The Kier molecular flexibility index (Phi) is 2.27. The van der Waals surface area contributed by atoms with Crippen LogP contribution in [0.5, 0.6) is 0 Å². The fraction of sp³-hybridized carbons (Fsp3) is 0.900. The van der Waals surface area contributed by atoms with Crippen LogP contribution in [0.15, 0.2) is 0 Å². The molecule has 0 spiro atoms. The van der Waals surface area contributed by atoms with Crippen molar-refractivity contribution >= 4 is 5.97 Å². The van der Waals surface area contributed by atoms with Gasteiger partial charge in [0.05, 0.1) is 11.5 Å². The van der Waals surface area contributed by atoms with Gasteiger partial charge in [0.2, 0.25) is 0 Å². The van der Waals surface area contributed by atoms with E-state index < -0.39 is 17.5 Å². The lowest BCUT2D eigenvalue weighted by Gasteiger charge is -2.27. The maximum Gasteiger partial charge on any atom is 0.309 e. The van der Waals surface area contributed by atoms with E-state index in [0.717, 1.165) is 6.54 Å². The van der Waals surface area contributed by atoms with E-state index in [1.54, 1.807) is 6.92 Å². The first-order valence-corrected chi connectivity index (χ1v) is 5.22. The average molecular weight is 199 g/mol. The molecule has 2 atom stereocenters. The van der Waals surface area contributed by atoms with Gasteiger partial charge in [-0.05, 0) is 26.2 Å². The van der Waals surface area contributed by atoms with Crippen LogP contribution in [-0.4, -0.2) is 45.8 Å². The van der Waals surface area contributed by atoms with Gasteiger partial charge in [-0.1, -0.05) is 0 Å². The summed E-state index contributed by atoms with van der Waals surface area (Å²) in [5, 5.41) is 19.0. The lowest BCUT2D eigenvalue weighted by Crippen LogP contribution is -2.43. The van der Waals surface area contributed by atoms with Crippen molar-refractivity contribution in [1.29, 1.82) is 0 Å². The summed E-state index contributed by atoms with van der Waals surface area (Å²) in [6.45, 7) is 2.97. The van der Waals surface area contributed by atoms with E-state index in [9.17, 15) is 9.90 Å². The summed E-state index contributed by atoms with van der Waals surface area (Å²) in [7, 11) is 0. The van der Waals surface area contributed by atoms with Gasteiger partial charge in [-0.3, -0.25) is 9.69 Å². The highest BCUT2D eigenvalue weighted by atomic mass is 16.4. The topological polar surface area (TPSA) is 60.8 Å². The minimum absolute atomic E-state index is 0.533. The molecule has 2 N–H and O–H groups in total. The Morgan fingerprint density at radius 1 is 1.57 bits per heavy atom. The van der Waals surface area contributed by atoms with Crippen LogP contribution in [0.2, 0.25) is 0 Å². The molecule has 0 aromatic heterocycles. The first-order chi connectivity index (χ1) is 6.53. The summed E-state index contributed by atoms with van der Waals surface area (Å²) >= 11 is 0. The molecule has 2 rings (SSSR count). The molecule has 0 aromatic rings. The van der Waals surface area contributed by atoms with Crippen molar-refractivity contribution in [3.63, 3.8) is 0 Å². The highest BCUT2D eigenvalue weighted by Crippen LogP contribution is 2.36. The fourth-order valence-electron chi connectivity index (χ4n) is 2.18. The van der Waals surface area contributed by atoms with Crippen LogP contribution in [0.1, 0.15) is 26.2 Å². The van der Waals surface area contributed by atoms with E-state index in [1.807, 2.05) is 0 Å². The number of aliphatic hydroxyl groups is 1.